The van der Waals surface area contributed by atoms with Crippen LogP contribution in [0.5, 0.6) is 0 Å². The number of hydrogen-bond acceptors (Lipinski definition) is 3. The number of nitro groups is 1. The third-order valence-corrected chi connectivity index (χ3v) is 3.69. The highest BCUT2D eigenvalue weighted by atomic mass is 16.6. The molecule has 0 bridgehead atoms. The van der Waals surface area contributed by atoms with Gasteiger partial charge >= 0.3 is 0 Å². The molecular weight excluding hydrogens is 256 g/mol. The Bertz CT molecular complexity index is 524. The van der Waals surface area contributed by atoms with Crippen molar-refractivity contribution in [1.29, 1.82) is 0 Å². The zero-order valence-corrected chi connectivity index (χ0v) is 12.0. The molecule has 0 atom stereocenters. The molecule has 1 aromatic rings. The first kappa shape index (κ1) is 14.5. The Morgan fingerprint density at radius 3 is 2.70 bits per heavy atom. The van der Waals surface area contributed by atoms with E-state index < -0.39 is 4.92 Å². The molecule has 5 nitrogen and oxygen atoms in total. The Morgan fingerprint density at radius 1 is 1.45 bits per heavy atom. The van der Waals surface area contributed by atoms with E-state index in [1.807, 2.05) is 11.8 Å². The van der Waals surface area contributed by atoms with Gasteiger partial charge in [0.2, 0.25) is 0 Å². The van der Waals surface area contributed by atoms with Gasteiger partial charge in [-0.15, -0.1) is 0 Å². The van der Waals surface area contributed by atoms with Crippen LogP contribution in [0.15, 0.2) is 18.2 Å². The largest absolute Gasteiger partial charge is 0.338 e. The molecule has 1 saturated carbocycles. The third kappa shape index (κ3) is 3.15. The highest BCUT2D eigenvalue weighted by molar-refractivity contribution is 5.96. The monoisotopic (exact) mass is 276 g/mol. The Morgan fingerprint density at radius 2 is 2.15 bits per heavy atom. The summed E-state index contributed by atoms with van der Waals surface area (Å²) in [6.45, 7) is 5.16. The maximum absolute atomic E-state index is 12.6. The zero-order valence-electron chi connectivity index (χ0n) is 12.0. The van der Waals surface area contributed by atoms with E-state index in [9.17, 15) is 14.9 Å². The predicted octanol–water partition coefficient (Wildman–Crippen LogP) is 3.17. The molecule has 108 valence electrons. The van der Waals surface area contributed by atoms with E-state index in [4.69, 9.17) is 0 Å². The lowest BCUT2D eigenvalue weighted by Crippen LogP contribution is -2.34. The van der Waals surface area contributed by atoms with Crippen LogP contribution in [0.2, 0.25) is 0 Å². The van der Waals surface area contributed by atoms with E-state index in [0.29, 0.717) is 23.6 Å². The molecular formula is C15H20N2O3. The quantitative estimate of drug-likeness (QED) is 0.592. The minimum Gasteiger partial charge on any atom is -0.338 e. The minimum atomic E-state index is -0.433. The summed E-state index contributed by atoms with van der Waals surface area (Å²) in [5, 5.41) is 11.0. The summed E-state index contributed by atoms with van der Waals surface area (Å²) in [5.41, 5.74) is 0.923. The summed E-state index contributed by atoms with van der Waals surface area (Å²) in [6, 6.07) is 4.71. The summed E-state index contributed by atoms with van der Waals surface area (Å²) in [7, 11) is 0. The van der Waals surface area contributed by atoms with Crippen molar-refractivity contribution in [3.63, 3.8) is 0 Å². The van der Waals surface area contributed by atoms with Crippen LogP contribution in [0.1, 0.15) is 42.1 Å². The molecule has 0 unspecified atom stereocenters. The van der Waals surface area contributed by atoms with Gasteiger partial charge in [0.05, 0.1) is 4.92 Å². The molecule has 1 amide bonds. The predicted molar refractivity (Wildman–Crippen MR) is 76.8 cm³/mol. The van der Waals surface area contributed by atoms with Gasteiger partial charge in [-0.05, 0) is 38.2 Å². The molecule has 0 spiro atoms. The number of rotatable bonds is 6. The normalized spacial score (nSPS) is 14.1. The molecule has 5 heteroatoms. The van der Waals surface area contributed by atoms with E-state index >= 15 is 0 Å². The fraction of sp³-hybridized carbons (Fsp3) is 0.533. The molecule has 1 aliphatic carbocycles. The fourth-order valence-corrected chi connectivity index (χ4v) is 2.38. The van der Waals surface area contributed by atoms with Gasteiger partial charge < -0.3 is 4.90 Å². The summed E-state index contributed by atoms with van der Waals surface area (Å²) in [5.74, 6) is 0.532. The van der Waals surface area contributed by atoms with Crippen LogP contribution in [0.4, 0.5) is 5.69 Å². The molecule has 1 fully saturated rings. The van der Waals surface area contributed by atoms with E-state index in [0.717, 1.165) is 13.0 Å². The summed E-state index contributed by atoms with van der Waals surface area (Å²) >= 11 is 0. The number of amides is 1. The standard InChI is InChI=1S/C15H20N2O3/c1-3-9-16(10-12-7-8-12)15(18)13-5-4-6-14(11(13)2)17(19)20/h4-6,12H,3,7-10H2,1-2H3. The summed E-state index contributed by atoms with van der Waals surface area (Å²) in [4.78, 5) is 25.0. The van der Waals surface area contributed by atoms with Gasteiger partial charge in [0.25, 0.3) is 11.6 Å². The van der Waals surface area contributed by atoms with Gasteiger partial charge in [0.15, 0.2) is 0 Å². The van der Waals surface area contributed by atoms with Crippen molar-refractivity contribution in [3.05, 3.63) is 39.4 Å². The number of carbonyl (C=O) groups is 1. The van der Waals surface area contributed by atoms with Crippen molar-refractivity contribution in [3.8, 4) is 0 Å². The Kier molecular flexibility index (Phi) is 4.37. The molecule has 2 rings (SSSR count). The first-order valence-corrected chi connectivity index (χ1v) is 7.07. The van der Waals surface area contributed by atoms with Crippen molar-refractivity contribution in [2.75, 3.05) is 13.1 Å². The number of nitro benzene ring substituents is 1. The van der Waals surface area contributed by atoms with Gasteiger partial charge in [0.1, 0.15) is 0 Å². The Balaban J connectivity index is 2.25. The van der Waals surface area contributed by atoms with Gasteiger partial charge in [-0.1, -0.05) is 13.0 Å². The SMILES string of the molecule is CCCN(CC1CC1)C(=O)c1cccc([N+](=O)[O-])c1C. The zero-order chi connectivity index (χ0) is 14.7. The lowest BCUT2D eigenvalue weighted by Gasteiger charge is -2.22. The lowest BCUT2D eigenvalue weighted by molar-refractivity contribution is -0.385. The summed E-state index contributed by atoms with van der Waals surface area (Å²) < 4.78 is 0. The number of benzene rings is 1. The lowest BCUT2D eigenvalue weighted by atomic mass is 10.1. The third-order valence-electron chi connectivity index (χ3n) is 3.69. The first-order chi connectivity index (χ1) is 9.54. The second-order valence-corrected chi connectivity index (χ2v) is 5.40. The molecule has 1 aliphatic rings. The van der Waals surface area contributed by atoms with Crippen LogP contribution in [0.3, 0.4) is 0 Å². The highest BCUT2D eigenvalue weighted by Crippen LogP contribution is 2.31. The van der Waals surface area contributed by atoms with Crippen molar-refractivity contribution in [1.82, 2.24) is 4.90 Å². The minimum absolute atomic E-state index is 0.0127. The second kappa shape index (κ2) is 6.03. The van der Waals surface area contributed by atoms with Crippen molar-refractivity contribution in [2.45, 2.75) is 33.1 Å². The van der Waals surface area contributed by atoms with Gasteiger partial charge in [0, 0.05) is 30.3 Å². The molecule has 0 N–H and O–H groups in total. The molecule has 0 aromatic heterocycles. The Labute approximate surface area is 118 Å². The number of hydrogen-bond donors (Lipinski definition) is 0. The van der Waals surface area contributed by atoms with Gasteiger partial charge in [-0.25, -0.2) is 0 Å². The Hall–Kier alpha value is -1.91. The maximum atomic E-state index is 12.6. The summed E-state index contributed by atoms with van der Waals surface area (Å²) in [6.07, 6.45) is 3.26. The average molecular weight is 276 g/mol. The number of carbonyl (C=O) groups excluding carboxylic acids is 1. The molecule has 20 heavy (non-hydrogen) atoms. The fourth-order valence-electron chi connectivity index (χ4n) is 2.38. The van der Waals surface area contributed by atoms with Crippen LogP contribution < -0.4 is 0 Å². The topological polar surface area (TPSA) is 63.5 Å². The molecule has 1 aromatic carbocycles. The highest BCUT2D eigenvalue weighted by Gasteiger charge is 2.28. The van der Waals surface area contributed by atoms with Gasteiger partial charge in [-0.3, -0.25) is 14.9 Å². The second-order valence-electron chi connectivity index (χ2n) is 5.40. The van der Waals surface area contributed by atoms with E-state index in [1.54, 1.807) is 19.1 Å². The molecule has 0 aliphatic heterocycles. The number of nitrogens with zero attached hydrogens (tertiary/aromatic N) is 2. The van der Waals surface area contributed by atoms with Crippen LogP contribution in [-0.4, -0.2) is 28.8 Å². The van der Waals surface area contributed by atoms with Crippen molar-refractivity contribution in [2.24, 2.45) is 5.92 Å². The van der Waals surface area contributed by atoms with Crippen LogP contribution in [0, 0.1) is 23.0 Å². The van der Waals surface area contributed by atoms with Gasteiger partial charge in [-0.2, -0.15) is 0 Å². The van der Waals surface area contributed by atoms with E-state index in [1.165, 1.54) is 18.9 Å². The van der Waals surface area contributed by atoms with Crippen LogP contribution in [-0.2, 0) is 0 Å². The van der Waals surface area contributed by atoms with E-state index in [-0.39, 0.29) is 11.6 Å². The average Bonchev–Trinajstić information content (AvgIpc) is 3.21. The molecule has 0 radical (unpaired) electrons. The van der Waals surface area contributed by atoms with Crippen molar-refractivity contribution < 1.29 is 9.72 Å². The first-order valence-electron chi connectivity index (χ1n) is 7.07. The van der Waals surface area contributed by atoms with Crippen LogP contribution in [0.25, 0.3) is 0 Å². The smallest absolute Gasteiger partial charge is 0.273 e. The van der Waals surface area contributed by atoms with Crippen LogP contribution >= 0.6 is 0 Å². The van der Waals surface area contributed by atoms with Crippen molar-refractivity contribution >= 4 is 11.6 Å². The maximum Gasteiger partial charge on any atom is 0.273 e. The molecule has 0 heterocycles. The van der Waals surface area contributed by atoms with E-state index in [2.05, 4.69) is 0 Å². The molecule has 0 saturated heterocycles.